The first-order chi connectivity index (χ1) is 5.59. The van der Waals surface area contributed by atoms with Gasteiger partial charge >= 0.3 is 11.9 Å². The van der Waals surface area contributed by atoms with E-state index >= 15 is 0 Å². The molecule has 8 heteroatoms. The van der Waals surface area contributed by atoms with Crippen LogP contribution in [0.1, 0.15) is 6.42 Å². The minimum absolute atomic E-state index is 0.411. The first kappa shape index (κ1) is 8.27. The molecule has 0 saturated heterocycles. The van der Waals surface area contributed by atoms with E-state index in [2.05, 4.69) is 14.8 Å². The molecule has 0 radical (unpaired) electrons. The Kier molecular flexibility index (Phi) is 2.10. The molecule has 0 aromatic carbocycles. The smallest absolute Gasteiger partial charge is 0.346 e. The third-order valence-corrected chi connectivity index (χ3v) is 0.956. The van der Waals surface area contributed by atoms with Gasteiger partial charge < -0.3 is 15.4 Å². The third-order valence-electron chi connectivity index (χ3n) is 0.956. The summed E-state index contributed by atoms with van der Waals surface area (Å²) in [4.78, 5) is 29.6. The second kappa shape index (κ2) is 3.05. The summed E-state index contributed by atoms with van der Waals surface area (Å²) in [6.07, 6.45) is -0.551. The molecule has 1 aliphatic rings. The standard InChI is InChI=1S/C4H6N4O4/c5-4-7-11-2(9)1-3(10)12-8(4)6/h1,6H2,(H2,5,7). The monoisotopic (exact) mass is 174 g/mol. The maximum Gasteiger partial charge on any atom is 0.346 e. The number of hydrazine groups is 1. The van der Waals surface area contributed by atoms with Gasteiger partial charge in [0.2, 0.25) is 0 Å². The maximum atomic E-state index is 10.6. The van der Waals surface area contributed by atoms with Gasteiger partial charge in [-0.3, -0.25) is 0 Å². The van der Waals surface area contributed by atoms with E-state index in [1.54, 1.807) is 0 Å². The summed E-state index contributed by atoms with van der Waals surface area (Å²) in [7, 11) is 0. The highest BCUT2D eigenvalue weighted by atomic mass is 16.7. The predicted octanol–water partition coefficient (Wildman–Crippen LogP) is -2.20. The SMILES string of the molecule is N/C1=N/OC(=O)CC(=O)ON1N. The summed E-state index contributed by atoms with van der Waals surface area (Å²) < 4.78 is 0. The molecule has 66 valence electrons. The quantitative estimate of drug-likeness (QED) is 0.243. The average Bonchev–Trinajstić information content (AvgIpc) is 1.98. The average molecular weight is 174 g/mol. The van der Waals surface area contributed by atoms with Gasteiger partial charge in [-0.05, 0) is 5.16 Å². The molecule has 0 aromatic rings. The van der Waals surface area contributed by atoms with Crippen LogP contribution in [0.5, 0.6) is 0 Å². The number of oxime groups is 1. The van der Waals surface area contributed by atoms with Crippen molar-refractivity contribution in [1.82, 2.24) is 5.17 Å². The summed E-state index contributed by atoms with van der Waals surface area (Å²) >= 11 is 0. The first-order valence-electron chi connectivity index (χ1n) is 2.88. The van der Waals surface area contributed by atoms with Gasteiger partial charge in [0.25, 0.3) is 5.96 Å². The number of nitrogens with two attached hydrogens (primary N) is 2. The highest BCUT2D eigenvalue weighted by Gasteiger charge is 2.20. The Morgan fingerprint density at radius 1 is 1.42 bits per heavy atom. The molecule has 12 heavy (non-hydrogen) atoms. The molecular weight excluding hydrogens is 168 g/mol. The van der Waals surface area contributed by atoms with Crippen LogP contribution in [0.4, 0.5) is 0 Å². The first-order valence-corrected chi connectivity index (χ1v) is 2.88. The second-order valence-electron chi connectivity index (χ2n) is 1.88. The number of rotatable bonds is 0. The summed E-state index contributed by atoms with van der Waals surface area (Å²) in [6.45, 7) is 0. The molecule has 1 heterocycles. The lowest BCUT2D eigenvalue weighted by atomic mass is 10.4. The van der Waals surface area contributed by atoms with E-state index in [1.165, 1.54) is 0 Å². The van der Waals surface area contributed by atoms with Crippen molar-refractivity contribution in [1.29, 1.82) is 0 Å². The van der Waals surface area contributed by atoms with Crippen molar-refractivity contribution in [3.63, 3.8) is 0 Å². The summed E-state index contributed by atoms with van der Waals surface area (Å²) in [5.41, 5.74) is 5.07. The number of hydrogen-bond donors (Lipinski definition) is 2. The molecule has 1 rings (SSSR count). The Balaban J connectivity index is 2.76. The molecule has 0 atom stereocenters. The Hall–Kier alpha value is -1.83. The van der Waals surface area contributed by atoms with Crippen LogP contribution in [0, 0.1) is 0 Å². The zero-order valence-electron chi connectivity index (χ0n) is 5.89. The molecule has 4 N–H and O–H groups in total. The van der Waals surface area contributed by atoms with Crippen LogP contribution in [-0.4, -0.2) is 23.1 Å². The van der Waals surface area contributed by atoms with Crippen LogP contribution in [0.2, 0.25) is 0 Å². The molecule has 0 aromatic heterocycles. The fourth-order valence-electron chi connectivity index (χ4n) is 0.477. The lowest BCUT2D eigenvalue weighted by Crippen LogP contribution is -2.45. The highest BCUT2D eigenvalue weighted by Crippen LogP contribution is 1.97. The fraction of sp³-hybridized carbons (Fsp3) is 0.250. The zero-order chi connectivity index (χ0) is 9.14. The molecule has 0 bridgehead atoms. The third kappa shape index (κ3) is 1.83. The van der Waals surface area contributed by atoms with Crippen LogP contribution in [-0.2, 0) is 19.3 Å². The molecule has 0 amide bonds. The van der Waals surface area contributed by atoms with Gasteiger partial charge in [-0.25, -0.2) is 15.4 Å². The molecule has 0 unspecified atom stereocenters. The molecule has 1 aliphatic heterocycles. The minimum Gasteiger partial charge on any atom is -0.363 e. The predicted molar refractivity (Wildman–Crippen MR) is 34.4 cm³/mol. The van der Waals surface area contributed by atoms with Crippen LogP contribution < -0.4 is 11.6 Å². The van der Waals surface area contributed by atoms with Gasteiger partial charge in [-0.15, -0.1) is 0 Å². The number of nitrogens with zero attached hydrogens (tertiary/aromatic N) is 2. The number of hydrogen-bond acceptors (Lipinski definition) is 8. The summed E-state index contributed by atoms with van der Waals surface area (Å²) in [6, 6.07) is 0. The Labute approximate surface area is 66.6 Å². The fourth-order valence-corrected chi connectivity index (χ4v) is 0.477. The number of carbonyl (C=O) groups is 2. The van der Waals surface area contributed by atoms with Crippen molar-refractivity contribution >= 4 is 17.9 Å². The lowest BCUT2D eigenvalue weighted by Gasteiger charge is -2.16. The van der Waals surface area contributed by atoms with E-state index in [9.17, 15) is 9.59 Å². The Bertz CT molecular complexity index is 249. The van der Waals surface area contributed by atoms with E-state index in [0.29, 0.717) is 5.17 Å². The maximum absolute atomic E-state index is 10.6. The van der Waals surface area contributed by atoms with E-state index in [4.69, 9.17) is 11.6 Å². The summed E-state index contributed by atoms with van der Waals surface area (Å²) in [5.74, 6) is 2.90. The molecule has 0 fully saturated rings. The van der Waals surface area contributed by atoms with E-state index in [0.717, 1.165) is 0 Å². The van der Waals surface area contributed by atoms with Gasteiger partial charge in [0.05, 0.1) is 0 Å². The Morgan fingerprint density at radius 3 is 2.75 bits per heavy atom. The van der Waals surface area contributed by atoms with Crippen LogP contribution in [0.25, 0.3) is 0 Å². The lowest BCUT2D eigenvalue weighted by molar-refractivity contribution is -0.180. The van der Waals surface area contributed by atoms with Crippen LogP contribution in [0.15, 0.2) is 5.16 Å². The van der Waals surface area contributed by atoms with Crippen molar-refractivity contribution in [2.24, 2.45) is 16.7 Å². The molecular formula is C4H6N4O4. The zero-order valence-corrected chi connectivity index (χ0v) is 5.89. The number of guanidine groups is 1. The van der Waals surface area contributed by atoms with Crippen molar-refractivity contribution in [3.05, 3.63) is 0 Å². The van der Waals surface area contributed by atoms with Gasteiger partial charge in [0.1, 0.15) is 6.42 Å². The van der Waals surface area contributed by atoms with Crippen molar-refractivity contribution in [2.75, 3.05) is 0 Å². The highest BCUT2D eigenvalue weighted by molar-refractivity contribution is 5.92. The van der Waals surface area contributed by atoms with Crippen molar-refractivity contribution in [2.45, 2.75) is 6.42 Å². The molecule has 0 saturated carbocycles. The number of hydroxylamine groups is 1. The molecule has 0 aliphatic carbocycles. The normalized spacial score (nSPS) is 23.1. The van der Waals surface area contributed by atoms with Crippen LogP contribution >= 0.6 is 0 Å². The molecule has 8 nitrogen and oxygen atoms in total. The van der Waals surface area contributed by atoms with Gasteiger partial charge in [0.15, 0.2) is 0 Å². The summed E-state index contributed by atoms with van der Waals surface area (Å²) in [5, 5.41) is 3.46. The topological polar surface area (TPSA) is 120 Å². The largest absolute Gasteiger partial charge is 0.363 e. The minimum atomic E-state index is -0.861. The van der Waals surface area contributed by atoms with Gasteiger partial charge in [0, 0.05) is 0 Å². The van der Waals surface area contributed by atoms with Crippen molar-refractivity contribution in [3.8, 4) is 0 Å². The number of carbonyl (C=O) groups excluding carboxylic acids is 2. The molecule has 0 spiro atoms. The van der Waals surface area contributed by atoms with E-state index in [-0.39, 0.29) is 0 Å². The van der Waals surface area contributed by atoms with Gasteiger partial charge in [-0.2, -0.15) is 0 Å². The van der Waals surface area contributed by atoms with Crippen LogP contribution in [0.3, 0.4) is 0 Å². The Morgan fingerprint density at radius 2 is 2.08 bits per heavy atom. The van der Waals surface area contributed by atoms with E-state index in [1.807, 2.05) is 0 Å². The second-order valence-corrected chi connectivity index (χ2v) is 1.88. The van der Waals surface area contributed by atoms with E-state index < -0.39 is 24.3 Å². The van der Waals surface area contributed by atoms with Crippen molar-refractivity contribution < 1.29 is 19.3 Å². The van der Waals surface area contributed by atoms with Gasteiger partial charge in [-0.1, -0.05) is 5.17 Å².